The van der Waals surface area contributed by atoms with Gasteiger partial charge < -0.3 is 20.4 Å². The summed E-state index contributed by atoms with van der Waals surface area (Å²) < 4.78 is 25.9. The summed E-state index contributed by atoms with van der Waals surface area (Å²) in [6, 6.07) is 25.9. The summed E-state index contributed by atoms with van der Waals surface area (Å²) >= 11 is 0. The van der Waals surface area contributed by atoms with Gasteiger partial charge in [-0.15, -0.1) is 0 Å². The van der Waals surface area contributed by atoms with Crippen LogP contribution in [-0.2, 0) is 27.5 Å². The first kappa shape index (κ1) is 31.0. The van der Waals surface area contributed by atoms with Crippen molar-refractivity contribution in [2.75, 3.05) is 32.7 Å². The Bertz CT molecular complexity index is 1410. The average molecular weight is 589 g/mol. The molecular weight excluding hydrogens is 548 g/mol. The molecule has 4 rings (SSSR count). The van der Waals surface area contributed by atoms with E-state index in [4.69, 9.17) is 0 Å². The van der Waals surface area contributed by atoms with Crippen LogP contribution in [0.1, 0.15) is 24.5 Å². The van der Waals surface area contributed by atoms with Crippen LogP contribution in [-0.4, -0.2) is 75.0 Å². The molecular formula is C33H40N4O4S. The highest BCUT2D eigenvalue weighted by molar-refractivity contribution is 7.94. The minimum Gasteiger partial charge on any atom is -0.348 e. The third-order valence-corrected chi connectivity index (χ3v) is 8.92. The highest BCUT2D eigenvalue weighted by Crippen LogP contribution is 2.14. The predicted molar refractivity (Wildman–Crippen MR) is 166 cm³/mol. The molecule has 1 heterocycles. The summed E-state index contributed by atoms with van der Waals surface area (Å²) in [6.45, 7) is 5.82. The average Bonchev–Trinajstić information content (AvgIpc) is 3.03. The van der Waals surface area contributed by atoms with E-state index in [1.54, 1.807) is 35.2 Å². The fourth-order valence-corrected chi connectivity index (χ4v) is 6.01. The minimum absolute atomic E-state index is 0.187. The molecule has 0 bridgehead atoms. The first-order valence-corrected chi connectivity index (χ1v) is 16.0. The number of urea groups is 1. The van der Waals surface area contributed by atoms with Crippen molar-refractivity contribution in [1.29, 1.82) is 0 Å². The Kier molecular flexibility index (Phi) is 11.3. The minimum atomic E-state index is -3.70. The lowest BCUT2D eigenvalue weighted by Crippen LogP contribution is -2.57. The molecule has 3 aromatic carbocycles. The van der Waals surface area contributed by atoms with Gasteiger partial charge >= 0.3 is 6.03 Å². The number of nitrogens with zero attached hydrogens (tertiary/aromatic N) is 2. The van der Waals surface area contributed by atoms with E-state index < -0.39 is 21.9 Å². The number of aryl methyl sites for hydroxylation is 1. The molecule has 0 aromatic heterocycles. The lowest BCUT2D eigenvalue weighted by atomic mass is 10.0. The Morgan fingerprint density at radius 1 is 0.810 bits per heavy atom. The number of nitrogens with one attached hydrogen (secondary N) is 2. The Labute approximate surface area is 249 Å². The van der Waals surface area contributed by atoms with Crippen LogP contribution in [0, 0.1) is 0 Å². The fourth-order valence-electron chi connectivity index (χ4n) is 4.92. The van der Waals surface area contributed by atoms with Crippen molar-refractivity contribution in [2.24, 2.45) is 0 Å². The van der Waals surface area contributed by atoms with Crippen LogP contribution in [0.25, 0.3) is 0 Å². The summed E-state index contributed by atoms with van der Waals surface area (Å²) in [5, 5.41) is 7.15. The van der Waals surface area contributed by atoms with Gasteiger partial charge in [0.25, 0.3) is 0 Å². The Morgan fingerprint density at radius 3 is 1.98 bits per heavy atom. The van der Waals surface area contributed by atoms with Gasteiger partial charge in [0.15, 0.2) is 9.84 Å². The van der Waals surface area contributed by atoms with Crippen LogP contribution in [0.15, 0.2) is 107 Å². The topological polar surface area (TPSA) is 98.8 Å². The highest BCUT2D eigenvalue weighted by atomic mass is 32.2. The van der Waals surface area contributed by atoms with Crippen LogP contribution < -0.4 is 10.6 Å². The molecule has 1 aliphatic rings. The molecule has 222 valence electrons. The molecule has 3 amide bonds. The molecule has 0 saturated carbocycles. The van der Waals surface area contributed by atoms with E-state index in [0.717, 1.165) is 36.2 Å². The number of rotatable bonds is 12. The lowest BCUT2D eigenvalue weighted by Gasteiger charge is -2.35. The molecule has 2 N–H and O–H groups in total. The van der Waals surface area contributed by atoms with Gasteiger partial charge in [-0.3, -0.25) is 4.79 Å². The zero-order chi connectivity index (χ0) is 29.8. The van der Waals surface area contributed by atoms with Gasteiger partial charge in [0.1, 0.15) is 6.04 Å². The SMILES string of the molecule is CCN1CCN(C(=O)N[C@@H](Cc2ccccc2)C(=O)N[C@H](/C=C/S(=O)(=O)c2ccccc2)CCc2ccccc2)CC1. The number of carbonyl (C=O) groups excluding carboxylic acids is 2. The maximum atomic E-state index is 13.7. The van der Waals surface area contributed by atoms with Gasteiger partial charge in [-0.1, -0.05) is 91.9 Å². The number of piperazine rings is 1. The fraction of sp³-hybridized carbons (Fsp3) is 0.333. The molecule has 42 heavy (non-hydrogen) atoms. The number of carbonyl (C=O) groups is 2. The lowest BCUT2D eigenvalue weighted by molar-refractivity contribution is -0.123. The Balaban J connectivity index is 1.52. The molecule has 0 aliphatic carbocycles. The summed E-state index contributed by atoms with van der Waals surface area (Å²) in [5.41, 5.74) is 1.99. The quantitative estimate of drug-likeness (QED) is 0.333. The molecule has 0 unspecified atom stereocenters. The number of hydrogen-bond acceptors (Lipinski definition) is 5. The van der Waals surface area contributed by atoms with E-state index in [2.05, 4.69) is 22.5 Å². The second-order valence-corrected chi connectivity index (χ2v) is 12.3. The number of amides is 3. The summed E-state index contributed by atoms with van der Waals surface area (Å²) in [4.78, 5) is 31.2. The van der Waals surface area contributed by atoms with Crippen LogP contribution >= 0.6 is 0 Å². The molecule has 0 radical (unpaired) electrons. The van der Waals surface area contributed by atoms with Crippen LogP contribution in [0.5, 0.6) is 0 Å². The molecule has 2 atom stereocenters. The van der Waals surface area contributed by atoms with Crippen molar-refractivity contribution in [2.45, 2.75) is 43.2 Å². The first-order valence-electron chi connectivity index (χ1n) is 14.5. The third-order valence-electron chi connectivity index (χ3n) is 7.48. The molecule has 1 saturated heterocycles. The molecule has 1 fully saturated rings. The van der Waals surface area contributed by atoms with Gasteiger partial charge in [0.2, 0.25) is 5.91 Å². The summed E-state index contributed by atoms with van der Waals surface area (Å²) in [7, 11) is -3.70. The van der Waals surface area contributed by atoms with Gasteiger partial charge in [-0.05, 0) is 42.6 Å². The van der Waals surface area contributed by atoms with Crippen molar-refractivity contribution in [1.82, 2.24) is 20.4 Å². The van der Waals surface area contributed by atoms with E-state index >= 15 is 0 Å². The molecule has 9 heteroatoms. The zero-order valence-electron chi connectivity index (χ0n) is 24.1. The number of benzene rings is 3. The largest absolute Gasteiger partial charge is 0.348 e. The highest BCUT2D eigenvalue weighted by Gasteiger charge is 2.27. The standard InChI is InChI=1S/C33H40N4O4S/c1-2-36-21-23-37(24-22-36)33(39)35-31(26-28-14-8-4-9-15-28)32(38)34-29(19-18-27-12-6-3-7-13-27)20-25-42(40,41)30-16-10-5-11-17-30/h3-17,20,25,29,31H,2,18-19,21-24,26H2,1H3,(H,34,38)(H,35,39)/b25-20+/t29-,31-/m0/s1. The molecule has 0 spiro atoms. The van der Waals surface area contributed by atoms with Crippen LogP contribution in [0.4, 0.5) is 4.79 Å². The number of sulfone groups is 1. The second kappa shape index (κ2) is 15.3. The van der Waals surface area contributed by atoms with Crippen molar-refractivity contribution < 1.29 is 18.0 Å². The van der Waals surface area contributed by atoms with E-state index in [1.165, 1.54) is 6.08 Å². The third kappa shape index (κ3) is 9.29. The van der Waals surface area contributed by atoms with Gasteiger partial charge in [0.05, 0.1) is 4.90 Å². The van der Waals surface area contributed by atoms with Gasteiger partial charge in [-0.25, -0.2) is 13.2 Å². The summed E-state index contributed by atoms with van der Waals surface area (Å²) in [6.07, 6.45) is 2.97. The Hall–Kier alpha value is -3.95. The molecule has 3 aromatic rings. The zero-order valence-corrected chi connectivity index (χ0v) is 24.9. The van der Waals surface area contributed by atoms with E-state index in [0.29, 0.717) is 32.4 Å². The van der Waals surface area contributed by atoms with Crippen LogP contribution in [0.2, 0.25) is 0 Å². The van der Waals surface area contributed by atoms with E-state index in [9.17, 15) is 18.0 Å². The first-order chi connectivity index (χ1) is 20.3. The second-order valence-electron chi connectivity index (χ2n) is 10.4. The van der Waals surface area contributed by atoms with Gasteiger partial charge in [-0.2, -0.15) is 0 Å². The maximum absolute atomic E-state index is 13.7. The predicted octanol–water partition coefficient (Wildman–Crippen LogP) is 4.05. The van der Waals surface area contributed by atoms with Crippen molar-refractivity contribution in [3.8, 4) is 0 Å². The smallest absolute Gasteiger partial charge is 0.318 e. The van der Waals surface area contributed by atoms with Crippen LogP contribution in [0.3, 0.4) is 0 Å². The van der Waals surface area contributed by atoms with Crippen molar-refractivity contribution in [3.63, 3.8) is 0 Å². The molecule has 8 nitrogen and oxygen atoms in total. The normalized spacial score (nSPS) is 15.7. The van der Waals surface area contributed by atoms with Gasteiger partial charge in [0, 0.05) is 44.0 Å². The number of hydrogen-bond donors (Lipinski definition) is 2. The Morgan fingerprint density at radius 2 is 1.38 bits per heavy atom. The monoisotopic (exact) mass is 588 g/mol. The molecule has 1 aliphatic heterocycles. The maximum Gasteiger partial charge on any atom is 0.318 e. The van der Waals surface area contributed by atoms with E-state index in [-0.39, 0.29) is 16.8 Å². The van der Waals surface area contributed by atoms with E-state index in [1.807, 2.05) is 60.7 Å². The van der Waals surface area contributed by atoms with Crippen molar-refractivity contribution in [3.05, 3.63) is 114 Å². The summed E-state index contributed by atoms with van der Waals surface area (Å²) in [5.74, 6) is -0.362. The number of likely N-dealkylation sites (N-methyl/N-ethyl adjacent to an activating group) is 1. The van der Waals surface area contributed by atoms with Crippen molar-refractivity contribution >= 4 is 21.8 Å².